The number of hydrogen-bond acceptors (Lipinski definition) is 2. The Hall–Kier alpha value is -1.90. The van der Waals surface area contributed by atoms with E-state index in [1.54, 1.807) is 6.07 Å². The van der Waals surface area contributed by atoms with Crippen LogP contribution in [0.3, 0.4) is 0 Å². The van der Waals surface area contributed by atoms with Gasteiger partial charge in [-0.15, -0.1) is 25.7 Å². The summed E-state index contributed by atoms with van der Waals surface area (Å²) in [6, 6.07) is 5.52. The molecule has 1 saturated carbocycles. The van der Waals surface area contributed by atoms with Crippen molar-refractivity contribution in [1.82, 2.24) is 0 Å². The van der Waals surface area contributed by atoms with Gasteiger partial charge in [-0.2, -0.15) is 0 Å². The Bertz CT molecular complexity index is 420. The summed E-state index contributed by atoms with van der Waals surface area (Å²) < 4.78 is 0. The number of aromatic hydroxyl groups is 1. The van der Waals surface area contributed by atoms with E-state index < -0.39 is 0 Å². The molecule has 142 valence electrons. The average Bonchev–Trinajstić information content (AvgIpc) is 3.08. The van der Waals surface area contributed by atoms with E-state index in [4.69, 9.17) is 5.11 Å². The molecule has 2 rings (SSSR count). The number of aliphatic hydroxyl groups excluding tert-OH is 1. The van der Waals surface area contributed by atoms with Gasteiger partial charge in [-0.25, -0.2) is 0 Å². The van der Waals surface area contributed by atoms with Crippen LogP contribution in [0.15, 0.2) is 18.2 Å². The summed E-state index contributed by atoms with van der Waals surface area (Å²) in [6.45, 7) is 10.1. The number of aryl methyl sites for hydroxylation is 1. The van der Waals surface area contributed by atoms with Gasteiger partial charge in [0.15, 0.2) is 0 Å². The molecule has 2 nitrogen and oxygen atoms in total. The van der Waals surface area contributed by atoms with Gasteiger partial charge >= 0.3 is 0 Å². The summed E-state index contributed by atoms with van der Waals surface area (Å²) in [5.74, 6) is 1.02. The third-order valence-corrected chi connectivity index (χ3v) is 4.12. The summed E-state index contributed by atoms with van der Waals surface area (Å²) in [5.41, 5.74) is 2.10. The number of unbranched alkanes of at least 4 members (excludes halogenated alkanes) is 1. The second kappa shape index (κ2) is 20.1. The zero-order chi connectivity index (χ0) is 20.3. The molecule has 1 fully saturated rings. The maximum absolute atomic E-state index is 9.42. The summed E-state index contributed by atoms with van der Waals surface area (Å²) in [7, 11) is 0. The lowest BCUT2D eigenvalue weighted by atomic mass is 9.99. The first-order chi connectivity index (χ1) is 12.1. The number of aliphatic hydroxyl groups is 1. The lowest BCUT2D eigenvalue weighted by Gasteiger charge is -2.12. The van der Waals surface area contributed by atoms with Crippen molar-refractivity contribution in [3.05, 3.63) is 29.3 Å². The van der Waals surface area contributed by atoms with Crippen molar-refractivity contribution in [2.45, 2.75) is 79.2 Å². The Balaban J connectivity index is -0.000000299. The molecule has 1 aromatic rings. The van der Waals surface area contributed by atoms with Gasteiger partial charge in [-0.1, -0.05) is 52.2 Å². The van der Waals surface area contributed by atoms with Crippen molar-refractivity contribution >= 4 is 0 Å². The van der Waals surface area contributed by atoms with Gasteiger partial charge < -0.3 is 10.2 Å². The fourth-order valence-corrected chi connectivity index (χ4v) is 2.56. The standard InChI is InChI=1S/C9H18O.C8H10O.C2H6.2C2H2/c1-2-3-5-8-6-4-7-9(8)10;1-6-4-3-5-8(9)7(6)2;3*1-2/h8-10H,2-7H2,1H3;3-5,9H,1-2H3;1-2H3;2*1-2H/t8-,9-;;;;/m1..../s1. The number of benzene rings is 1. The molecule has 25 heavy (non-hydrogen) atoms. The minimum absolute atomic E-state index is 0.0338. The van der Waals surface area contributed by atoms with Crippen LogP contribution in [0.4, 0.5) is 0 Å². The molecule has 0 heterocycles. The smallest absolute Gasteiger partial charge is 0.118 e. The number of hydrogen-bond donors (Lipinski definition) is 2. The zero-order valence-corrected chi connectivity index (χ0v) is 16.8. The molecule has 1 aliphatic rings. The molecule has 0 amide bonds. The summed E-state index contributed by atoms with van der Waals surface area (Å²) >= 11 is 0. The second-order valence-corrected chi connectivity index (χ2v) is 5.62. The third-order valence-electron chi connectivity index (χ3n) is 4.12. The highest BCUT2D eigenvalue weighted by atomic mass is 16.3. The molecule has 0 spiro atoms. The normalized spacial score (nSPS) is 17.0. The molecule has 2 N–H and O–H groups in total. The van der Waals surface area contributed by atoms with Crippen LogP contribution in [0, 0.1) is 45.5 Å². The number of phenolic OH excluding ortho intramolecular Hbond substituents is 1. The largest absolute Gasteiger partial charge is 0.508 e. The van der Waals surface area contributed by atoms with E-state index in [2.05, 4.69) is 32.6 Å². The zero-order valence-electron chi connectivity index (χ0n) is 16.8. The summed E-state index contributed by atoms with van der Waals surface area (Å²) in [5, 5.41) is 18.5. The van der Waals surface area contributed by atoms with E-state index in [9.17, 15) is 5.11 Å². The van der Waals surface area contributed by atoms with Gasteiger partial charge in [0.2, 0.25) is 0 Å². The SMILES string of the molecule is C#C.C#C.CC.CCCC[C@@H]1CCC[C@H]1O.Cc1cccc(O)c1C. The molecule has 0 radical (unpaired) electrons. The maximum Gasteiger partial charge on any atom is 0.118 e. The van der Waals surface area contributed by atoms with Crippen LogP contribution < -0.4 is 0 Å². The van der Waals surface area contributed by atoms with Gasteiger partial charge in [-0.3, -0.25) is 0 Å². The van der Waals surface area contributed by atoms with Crippen molar-refractivity contribution in [3.8, 4) is 31.4 Å². The molecular formula is C23H38O2. The minimum atomic E-state index is 0.0338. The van der Waals surface area contributed by atoms with Crippen LogP contribution in [0.25, 0.3) is 0 Å². The van der Waals surface area contributed by atoms with Gasteiger partial charge in [-0.05, 0) is 56.2 Å². The van der Waals surface area contributed by atoms with E-state index in [1.165, 1.54) is 32.1 Å². The van der Waals surface area contributed by atoms with Crippen molar-refractivity contribution in [1.29, 1.82) is 0 Å². The Morgan fingerprint density at radius 1 is 1.04 bits per heavy atom. The summed E-state index contributed by atoms with van der Waals surface area (Å²) in [6.07, 6.45) is 23.4. The van der Waals surface area contributed by atoms with Crippen molar-refractivity contribution < 1.29 is 10.2 Å². The number of terminal acetylenes is 2. The average molecular weight is 347 g/mol. The first kappa shape index (κ1) is 27.9. The van der Waals surface area contributed by atoms with Crippen LogP contribution in [-0.2, 0) is 0 Å². The van der Waals surface area contributed by atoms with E-state index in [0.717, 1.165) is 17.5 Å². The molecule has 1 aromatic carbocycles. The lowest BCUT2D eigenvalue weighted by molar-refractivity contribution is 0.126. The highest BCUT2D eigenvalue weighted by molar-refractivity contribution is 5.36. The van der Waals surface area contributed by atoms with E-state index in [1.807, 2.05) is 39.8 Å². The van der Waals surface area contributed by atoms with E-state index in [-0.39, 0.29) is 6.10 Å². The Morgan fingerprint density at radius 2 is 1.60 bits per heavy atom. The first-order valence-corrected chi connectivity index (χ1v) is 9.16. The quantitative estimate of drug-likeness (QED) is 0.672. The fraction of sp³-hybridized carbons (Fsp3) is 0.565. The van der Waals surface area contributed by atoms with E-state index >= 15 is 0 Å². The molecule has 0 aliphatic heterocycles. The highest BCUT2D eigenvalue weighted by Crippen LogP contribution is 2.29. The Morgan fingerprint density at radius 3 is 1.96 bits per heavy atom. The molecule has 0 bridgehead atoms. The molecule has 0 aromatic heterocycles. The van der Waals surface area contributed by atoms with Crippen LogP contribution in [0.1, 0.15) is 70.4 Å². The highest BCUT2D eigenvalue weighted by Gasteiger charge is 2.23. The summed E-state index contributed by atoms with van der Waals surface area (Å²) in [4.78, 5) is 0. The van der Waals surface area contributed by atoms with Gasteiger partial charge in [0.1, 0.15) is 5.75 Å². The molecule has 1 aliphatic carbocycles. The Kier molecular flexibility index (Phi) is 22.5. The molecule has 0 unspecified atom stereocenters. The second-order valence-electron chi connectivity index (χ2n) is 5.62. The molecular weight excluding hydrogens is 308 g/mol. The minimum Gasteiger partial charge on any atom is -0.508 e. The molecule has 2 atom stereocenters. The van der Waals surface area contributed by atoms with Crippen LogP contribution in [-0.4, -0.2) is 16.3 Å². The number of rotatable bonds is 3. The predicted octanol–water partition coefficient (Wildman–Crippen LogP) is 5.87. The fourth-order valence-electron chi connectivity index (χ4n) is 2.56. The predicted molar refractivity (Wildman–Crippen MR) is 112 cm³/mol. The number of phenols is 1. The molecule has 2 heteroatoms. The van der Waals surface area contributed by atoms with E-state index in [0.29, 0.717) is 11.7 Å². The van der Waals surface area contributed by atoms with Gasteiger partial charge in [0.05, 0.1) is 6.10 Å². The van der Waals surface area contributed by atoms with Crippen LogP contribution in [0.2, 0.25) is 0 Å². The molecule has 0 saturated heterocycles. The van der Waals surface area contributed by atoms with Crippen LogP contribution >= 0.6 is 0 Å². The maximum atomic E-state index is 9.42. The van der Waals surface area contributed by atoms with Crippen LogP contribution in [0.5, 0.6) is 5.75 Å². The topological polar surface area (TPSA) is 40.5 Å². The van der Waals surface area contributed by atoms with Gasteiger partial charge in [0, 0.05) is 0 Å². The van der Waals surface area contributed by atoms with Crippen molar-refractivity contribution in [2.24, 2.45) is 5.92 Å². The van der Waals surface area contributed by atoms with Crippen molar-refractivity contribution in [2.75, 3.05) is 0 Å². The first-order valence-electron chi connectivity index (χ1n) is 9.16. The lowest BCUT2D eigenvalue weighted by Crippen LogP contribution is -2.12. The van der Waals surface area contributed by atoms with Gasteiger partial charge in [0.25, 0.3) is 0 Å². The third kappa shape index (κ3) is 13.1. The monoisotopic (exact) mass is 346 g/mol. The Labute approximate surface area is 156 Å². The van der Waals surface area contributed by atoms with Crippen molar-refractivity contribution in [3.63, 3.8) is 0 Å².